The van der Waals surface area contributed by atoms with Gasteiger partial charge in [-0.1, -0.05) is 0 Å². The van der Waals surface area contributed by atoms with Crippen molar-refractivity contribution in [1.29, 1.82) is 0 Å². The highest BCUT2D eigenvalue weighted by Gasteiger charge is 2.44. The molecule has 1 aromatic carbocycles. The molecular weight excluding hydrogens is 360 g/mol. The fourth-order valence-corrected chi connectivity index (χ4v) is 4.04. The molecule has 0 saturated carbocycles. The summed E-state index contributed by atoms with van der Waals surface area (Å²) in [5, 5.41) is 0. The lowest BCUT2D eigenvalue weighted by Gasteiger charge is -2.24. The molecule has 2 aliphatic rings. The van der Waals surface area contributed by atoms with Crippen LogP contribution in [0.4, 0.5) is 10.5 Å². The van der Waals surface area contributed by atoms with Gasteiger partial charge in [-0.05, 0) is 37.1 Å². The minimum Gasteiger partial charge on any atom is -0.353 e. The minimum absolute atomic E-state index is 0.0350. The average Bonchev–Trinajstić information content (AvgIpc) is 3.09. The summed E-state index contributed by atoms with van der Waals surface area (Å²) in [4.78, 5) is 39.9. The number of nitrogens with zero attached hydrogens (tertiary/aromatic N) is 4. The number of urea groups is 1. The molecular formula is C16H20N4O5S. The minimum atomic E-state index is -3.53. The Morgan fingerprint density at radius 1 is 1.08 bits per heavy atom. The lowest BCUT2D eigenvalue weighted by molar-refractivity contribution is -0.143. The second-order valence-corrected chi connectivity index (χ2v) is 8.45. The Bertz CT molecular complexity index is 896. The van der Waals surface area contributed by atoms with Gasteiger partial charge in [-0.3, -0.25) is 14.5 Å². The summed E-state index contributed by atoms with van der Waals surface area (Å²) < 4.78 is 25.7. The number of carbonyl (C=O) groups excluding carboxylic acids is 3. The molecule has 2 heterocycles. The molecule has 0 N–H and O–H groups in total. The molecule has 3 rings (SSSR count). The summed E-state index contributed by atoms with van der Waals surface area (Å²) in [6.07, 6.45) is 0.591. The summed E-state index contributed by atoms with van der Waals surface area (Å²) in [6.45, 7) is 2.26. The number of hydrogen-bond acceptors (Lipinski definition) is 6. The van der Waals surface area contributed by atoms with Crippen LogP contribution in [0.25, 0.3) is 0 Å². The first-order valence-corrected chi connectivity index (χ1v) is 9.60. The summed E-state index contributed by atoms with van der Waals surface area (Å²) >= 11 is 0. The Morgan fingerprint density at radius 3 is 2.31 bits per heavy atom. The van der Waals surface area contributed by atoms with E-state index in [0.717, 1.165) is 25.4 Å². The van der Waals surface area contributed by atoms with Crippen molar-refractivity contribution >= 4 is 33.6 Å². The topological polar surface area (TPSA) is 98.3 Å². The van der Waals surface area contributed by atoms with Gasteiger partial charge in [0.15, 0.2) is 0 Å². The van der Waals surface area contributed by atoms with Crippen molar-refractivity contribution in [2.75, 3.05) is 38.8 Å². The van der Waals surface area contributed by atoms with Crippen molar-refractivity contribution in [3.63, 3.8) is 0 Å². The largest absolute Gasteiger partial charge is 0.353 e. The quantitative estimate of drug-likeness (QED) is 0.530. The number of sulfonamides is 1. The van der Waals surface area contributed by atoms with Crippen LogP contribution in [-0.4, -0.2) is 74.2 Å². The number of benzene rings is 1. The van der Waals surface area contributed by atoms with Crippen molar-refractivity contribution in [1.82, 2.24) is 14.1 Å². The third-order valence-electron chi connectivity index (χ3n) is 4.58. The number of likely N-dealkylation sites (N-methyl/N-ethyl adjacent to an activating group) is 1. The molecule has 1 aromatic rings. The van der Waals surface area contributed by atoms with Crippen molar-refractivity contribution < 1.29 is 22.8 Å². The van der Waals surface area contributed by atoms with E-state index in [0.29, 0.717) is 13.0 Å². The van der Waals surface area contributed by atoms with Crippen LogP contribution in [-0.2, 0) is 26.0 Å². The van der Waals surface area contributed by atoms with E-state index in [2.05, 4.69) is 0 Å². The van der Waals surface area contributed by atoms with Crippen molar-refractivity contribution in [3.05, 3.63) is 23.8 Å². The van der Waals surface area contributed by atoms with E-state index in [-0.39, 0.29) is 18.1 Å². The number of carbonyl (C=O) groups is 3. The van der Waals surface area contributed by atoms with E-state index in [4.69, 9.17) is 0 Å². The number of imide groups is 2. The van der Waals surface area contributed by atoms with E-state index < -0.39 is 27.9 Å². The highest BCUT2D eigenvalue weighted by atomic mass is 32.2. The molecule has 0 radical (unpaired) electrons. The molecule has 26 heavy (non-hydrogen) atoms. The molecule has 9 nitrogen and oxygen atoms in total. The molecule has 1 saturated heterocycles. The van der Waals surface area contributed by atoms with Gasteiger partial charge in [0.1, 0.15) is 6.67 Å². The number of rotatable bonds is 5. The van der Waals surface area contributed by atoms with Crippen LogP contribution in [0.2, 0.25) is 0 Å². The Morgan fingerprint density at radius 2 is 1.73 bits per heavy atom. The van der Waals surface area contributed by atoms with Gasteiger partial charge in [-0.15, -0.1) is 0 Å². The molecule has 10 heteroatoms. The molecule has 0 aromatic heterocycles. The van der Waals surface area contributed by atoms with E-state index >= 15 is 0 Å². The normalized spacial score (nSPS) is 17.7. The maximum absolute atomic E-state index is 12.3. The maximum Gasteiger partial charge on any atom is 0.335 e. The monoisotopic (exact) mass is 380 g/mol. The average molecular weight is 380 g/mol. The lowest BCUT2D eigenvalue weighted by Crippen LogP contribution is -2.41. The van der Waals surface area contributed by atoms with Gasteiger partial charge in [0.05, 0.1) is 4.90 Å². The molecule has 0 bridgehead atoms. The zero-order valence-corrected chi connectivity index (χ0v) is 15.6. The third kappa shape index (κ3) is 2.74. The summed E-state index contributed by atoms with van der Waals surface area (Å²) in [5.74, 6) is -1.65. The Hall–Kier alpha value is -2.46. The second-order valence-electron chi connectivity index (χ2n) is 6.30. The van der Waals surface area contributed by atoms with Crippen LogP contribution in [0.15, 0.2) is 23.1 Å². The first-order chi connectivity index (χ1) is 12.2. The van der Waals surface area contributed by atoms with Crippen LogP contribution in [0.5, 0.6) is 0 Å². The van der Waals surface area contributed by atoms with Crippen LogP contribution in [0.1, 0.15) is 12.5 Å². The Labute approximate surface area is 151 Å². The number of fused-ring (bicyclic) bond motifs is 1. The van der Waals surface area contributed by atoms with Gasteiger partial charge in [-0.2, -0.15) is 0 Å². The van der Waals surface area contributed by atoms with Crippen molar-refractivity contribution in [2.45, 2.75) is 18.2 Å². The summed E-state index contributed by atoms with van der Waals surface area (Å²) in [6, 6.07) is 4.16. The van der Waals surface area contributed by atoms with Gasteiger partial charge in [-0.25, -0.2) is 22.4 Å². The zero-order chi connectivity index (χ0) is 19.2. The highest BCUT2D eigenvalue weighted by Crippen LogP contribution is 2.31. The van der Waals surface area contributed by atoms with Gasteiger partial charge < -0.3 is 4.90 Å². The van der Waals surface area contributed by atoms with Crippen LogP contribution < -0.4 is 4.90 Å². The van der Waals surface area contributed by atoms with Gasteiger partial charge >= 0.3 is 17.8 Å². The Balaban J connectivity index is 1.84. The first kappa shape index (κ1) is 18.3. The van der Waals surface area contributed by atoms with Crippen molar-refractivity contribution in [3.8, 4) is 0 Å². The molecule has 0 unspecified atom stereocenters. The molecule has 0 aliphatic carbocycles. The van der Waals surface area contributed by atoms with Crippen LogP contribution >= 0.6 is 0 Å². The van der Waals surface area contributed by atoms with Crippen molar-refractivity contribution in [2.24, 2.45) is 0 Å². The van der Waals surface area contributed by atoms with E-state index in [1.54, 1.807) is 24.0 Å². The van der Waals surface area contributed by atoms with E-state index in [1.165, 1.54) is 20.2 Å². The van der Waals surface area contributed by atoms with Crippen LogP contribution in [0.3, 0.4) is 0 Å². The van der Waals surface area contributed by atoms with E-state index in [1.807, 2.05) is 0 Å². The molecule has 0 spiro atoms. The summed E-state index contributed by atoms with van der Waals surface area (Å²) in [7, 11) is -0.593. The lowest BCUT2D eigenvalue weighted by atomic mass is 10.2. The third-order valence-corrected chi connectivity index (χ3v) is 6.40. The zero-order valence-electron chi connectivity index (χ0n) is 14.8. The summed E-state index contributed by atoms with van der Waals surface area (Å²) in [5.41, 5.74) is 1.58. The smallest absolute Gasteiger partial charge is 0.335 e. The van der Waals surface area contributed by atoms with Gasteiger partial charge in [0, 0.05) is 32.9 Å². The van der Waals surface area contributed by atoms with Gasteiger partial charge in [0.25, 0.3) is 0 Å². The number of amides is 4. The first-order valence-electron chi connectivity index (χ1n) is 8.16. The number of hydrogen-bond donors (Lipinski definition) is 0. The van der Waals surface area contributed by atoms with Gasteiger partial charge in [0.2, 0.25) is 10.0 Å². The fourth-order valence-electron chi connectivity index (χ4n) is 3.09. The molecule has 2 aliphatic heterocycles. The number of anilines is 1. The Kier molecular flexibility index (Phi) is 4.49. The predicted molar refractivity (Wildman–Crippen MR) is 92.9 cm³/mol. The highest BCUT2D eigenvalue weighted by molar-refractivity contribution is 7.89. The molecule has 1 fully saturated rings. The fraction of sp³-hybridized carbons (Fsp3) is 0.438. The standard InChI is InChI=1S/C16H20N4O5S/c1-4-19-14(21)15(22)20(16(19)23)10-18-8-7-11-9-12(5-6-13(11)18)26(24,25)17(2)3/h5-6,9H,4,7-8,10H2,1-3H3. The van der Waals surface area contributed by atoms with E-state index in [9.17, 15) is 22.8 Å². The molecule has 4 amide bonds. The molecule has 0 atom stereocenters. The second kappa shape index (κ2) is 6.36. The van der Waals surface area contributed by atoms with Crippen LogP contribution in [0, 0.1) is 0 Å². The molecule has 140 valence electrons. The maximum atomic E-state index is 12.3. The predicted octanol–water partition coefficient (Wildman–Crippen LogP) is 0.0676. The SMILES string of the molecule is CCN1C(=O)C(=O)N(CN2CCc3cc(S(=O)(=O)N(C)C)ccc32)C1=O.